The molecule has 25 rings (SSSR count). The van der Waals surface area contributed by atoms with E-state index >= 15 is 0 Å². The number of hydrogen-bond acceptors (Lipinski definition) is 33. The van der Waals surface area contributed by atoms with Gasteiger partial charge in [-0.05, 0) is 137 Å². The van der Waals surface area contributed by atoms with Crippen molar-refractivity contribution in [2.45, 2.75) is 95.6 Å². The van der Waals surface area contributed by atoms with E-state index in [0.29, 0.717) is 108 Å². The van der Waals surface area contributed by atoms with Crippen LogP contribution in [0.5, 0.6) is 0 Å². The number of piperidine rings is 2. The van der Waals surface area contributed by atoms with Crippen molar-refractivity contribution in [2.24, 2.45) is 42.7 Å². The van der Waals surface area contributed by atoms with E-state index in [2.05, 4.69) is 239 Å². The third-order valence-corrected chi connectivity index (χ3v) is 27.9. The highest BCUT2D eigenvalue weighted by Gasteiger charge is 2.40. The second-order valence-electron chi connectivity index (χ2n) is 36.6. The SMILES string of the molecule is Brc1cn2c(-c3nccc(N4CCCC(C5=CCN=C5)C4)n3)cnc2cn1.CC1=NC(C2=CCCN(c3ccnc(-c4cnc5cnc(Br)cn45)n3)C2)=CC1.CC1C(C2=CCN=C2)NCCN1c1ccnc(-c2cnc3cnc(C(F)(F)F)cn23)n1.CC1C(C2=CCN=C2)NCCN1c1ccnc(-c2cnc3cnc(C(F)(F)F)cn23)n1.OCC1CC(C2=CCN=C2)CN(c2ccnc(-c3cnc4cnc(C(F)(F)F)cn34)n2)C1. The van der Waals surface area contributed by atoms with Gasteiger partial charge in [-0.1, -0.05) is 36.5 Å². The summed E-state index contributed by atoms with van der Waals surface area (Å²) >= 11 is 6.83. The molecule has 3 N–H and O–H groups in total. The fourth-order valence-corrected chi connectivity index (χ4v) is 20.2. The van der Waals surface area contributed by atoms with Crippen LogP contribution in [0.15, 0.2) is 258 Å². The monoisotopic (exact) mass is 2160 g/mol. The van der Waals surface area contributed by atoms with Gasteiger partial charge in [0.25, 0.3) is 0 Å². The summed E-state index contributed by atoms with van der Waals surface area (Å²) in [5, 5.41) is 16.9. The third kappa shape index (κ3) is 21.8. The summed E-state index contributed by atoms with van der Waals surface area (Å²) in [6.45, 7) is 17.3. The highest BCUT2D eigenvalue weighted by Crippen LogP contribution is 2.39. The predicted molar refractivity (Wildman–Crippen MR) is 550 cm³/mol. The first kappa shape index (κ1) is 99.5. The Bertz CT molecular complexity index is 7720. The summed E-state index contributed by atoms with van der Waals surface area (Å²) < 4.78 is 127. The number of halogens is 11. The topological polar surface area (TPSA) is 402 Å². The van der Waals surface area contributed by atoms with Gasteiger partial charge in [-0.3, -0.25) is 47.0 Å². The zero-order valence-electron chi connectivity index (χ0n) is 80.1. The van der Waals surface area contributed by atoms with Crippen molar-refractivity contribution in [1.29, 1.82) is 0 Å². The van der Waals surface area contributed by atoms with E-state index in [-0.39, 0.29) is 54.1 Å². The fraction of sp³-hybridized carbons (Fsp3) is 0.330. The first-order valence-electron chi connectivity index (χ1n) is 48.1. The van der Waals surface area contributed by atoms with Crippen molar-refractivity contribution in [3.05, 3.63) is 251 Å². The van der Waals surface area contributed by atoms with E-state index in [0.717, 1.165) is 188 Å². The molecule has 0 amide bonds. The largest absolute Gasteiger partial charge is 0.434 e. The number of imidazole rings is 5. The maximum Gasteiger partial charge on any atom is 0.434 e. The molecule has 0 aromatic carbocycles. The van der Waals surface area contributed by atoms with Gasteiger partial charge in [-0.25, -0.2) is 99.7 Å². The number of nitrogens with zero attached hydrogens (tertiary/aromatic N) is 35. The molecule has 25 heterocycles. The van der Waals surface area contributed by atoms with Gasteiger partial charge in [0.2, 0.25) is 0 Å². The molecule has 10 aliphatic rings. The van der Waals surface area contributed by atoms with Gasteiger partial charge in [0.15, 0.2) is 74.4 Å². The Morgan fingerprint density at radius 3 is 1.15 bits per heavy atom. The average Bonchev–Trinajstić information content (AvgIpc) is 1.66. The molecule has 0 spiro atoms. The summed E-state index contributed by atoms with van der Waals surface area (Å²) in [7, 11) is 0. The van der Waals surface area contributed by atoms with Crippen LogP contribution in [-0.2, 0) is 18.5 Å². The molecule has 38 nitrogen and oxygen atoms in total. The number of rotatable bonds is 16. The van der Waals surface area contributed by atoms with Gasteiger partial charge in [0, 0.05) is 201 Å². The van der Waals surface area contributed by atoms with Crippen molar-refractivity contribution < 1.29 is 44.6 Å². The molecule has 49 heteroatoms. The summed E-state index contributed by atoms with van der Waals surface area (Å²) in [6.07, 6.45) is 41.8. The van der Waals surface area contributed by atoms with Crippen LogP contribution in [0.3, 0.4) is 0 Å². The summed E-state index contributed by atoms with van der Waals surface area (Å²) in [5.41, 5.74) is 10.5. The van der Waals surface area contributed by atoms with Crippen LogP contribution in [0.4, 0.5) is 68.6 Å². The molecule has 0 aliphatic carbocycles. The number of aliphatic hydroxyl groups is 1. The number of alkyl halides is 9. The molecule has 7 unspecified atom stereocenters. The Morgan fingerprint density at radius 2 is 0.758 bits per heavy atom. The molecule has 15 aromatic rings. The van der Waals surface area contributed by atoms with E-state index in [1.807, 2.05) is 82.7 Å². The van der Waals surface area contributed by atoms with Gasteiger partial charge in [0.05, 0.1) is 106 Å². The van der Waals surface area contributed by atoms with Crippen LogP contribution in [-0.4, -0.2) is 280 Å². The van der Waals surface area contributed by atoms with E-state index in [1.165, 1.54) is 55.1 Å². The molecule has 7 atom stereocenters. The van der Waals surface area contributed by atoms with Gasteiger partial charge in [0.1, 0.15) is 66.8 Å². The van der Waals surface area contributed by atoms with Crippen molar-refractivity contribution in [1.82, 2.24) is 132 Å². The normalized spacial score (nSPS) is 20.4. The molecule has 15 aromatic heterocycles. The van der Waals surface area contributed by atoms with E-state index in [4.69, 9.17) is 9.97 Å². The van der Waals surface area contributed by atoms with Crippen LogP contribution >= 0.6 is 31.9 Å². The molecular weight excluding hydrogens is 2070 g/mol. The standard InChI is InChI=1S/C21H20F3N7O.C20H18BrN7.2C20H19F3N8.C19H18BrN7/c22-21(23,24)17-11-31-16(7-28-19(31)8-27-17)20-26-4-2-18(29-20)30-9-13(12-32)5-15(10-30)14-1-3-25-6-14;1-13-4-5-15(25-13)14-3-2-8-27(11-14)18-6-7-22-20(26-18)16-9-24-19-10-23-17(21)12-28(16)19;2*1-12-18(13-2-4-24-8-13)25-6-7-30(12)16-3-5-26-19(29-16)14-9-28-17-10-27-15(11-31(14)17)20(21,22)23;20-16-12-27-15(9-24-18(27)10-23-16)19-22-6-4-17(25-19)26-7-1-2-14(11-26)13-3-5-21-8-13/h1-2,4,6-8,11,13,15,32H,3,5,9-10,12H2;3,5-7,9-10,12H,2,4,8,11H2,1H3;2*2-3,5,8-12,18,25H,4,6-7H2,1H3;3-4,6,8-10,12,14H,1-2,5,7,11H2. The number of nitrogens with one attached hydrogen (secondary N) is 2. The van der Waals surface area contributed by atoms with Gasteiger partial charge in [-0.15, -0.1) is 0 Å². The van der Waals surface area contributed by atoms with Crippen molar-refractivity contribution in [2.75, 3.05) is 123 Å². The van der Waals surface area contributed by atoms with Crippen molar-refractivity contribution >= 4 is 120 Å². The second kappa shape index (κ2) is 42.8. The molecule has 10 aliphatic heterocycles. The molecule has 0 saturated carbocycles. The van der Waals surface area contributed by atoms with Crippen LogP contribution in [0.1, 0.15) is 70.0 Å². The maximum atomic E-state index is 13.1. The van der Waals surface area contributed by atoms with Crippen LogP contribution in [0, 0.1) is 17.8 Å². The second-order valence-corrected chi connectivity index (χ2v) is 38.2. The van der Waals surface area contributed by atoms with Crippen LogP contribution < -0.4 is 35.1 Å². The first-order chi connectivity index (χ1) is 72.2. The van der Waals surface area contributed by atoms with Crippen LogP contribution in [0.2, 0.25) is 0 Å². The average molecular weight is 2160 g/mol. The number of fused-ring (bicyclic) bond motifs is 5. The van der Waals surface area contributed by atoms with Gasteiger partial charge < -0.3 is 40.2 Å². The number of aliphatic hydroxyl groups excluding tert-OH is 1. The Morgan fingerprint density at radius 1 is 0.389 bits per heavy atom. The van der Waals surface area contributed by atoms with Gasteiger partial charge in [-0.2, -0.15) is 39.5 Å². The number of allylic oxidation sites excluding steroid dienone is 1. The molecule has 149 heavy (non-hydrogen) atoms. The Labute approximate surface area is 860 Å². The van der Waals surface area contributed by atoms with Crippen LogP contribution in [0.25, 0.3) is 85.8 Å². The number of anilines is 5. The smallest absolute Gasteiger partial charge is 0.396 e. The molecular formula is C100H94Br2F9N37O. The van der Waals surface area contributed by atoms with E-state index in [1.54, 1.807) is 49.4 Å². The Hall–Kier alpha value is -15.5. The molecule has 0 radical (unpaired) electrons. The fourth-order valence-electron chi connectivity index (χ4n) is 19.6. The number of aliphatic imine (C=N–C) groups is 5. The summed E-state index contributed by atoms with van der Waals surface area (Å²) in [6, 6.07) is 9.80. The minimum absolute atomic E-state index is 0.0653. The Kier molecular flexibility index (Phi) is 28.5. The van der Waals surface area contributed by atoms with E-state index < -0.39 is 35.6 Å². The Balaban J connectivity index is 0.000000109. The number of piperazine rings is 2. The van der Waals surface area contributed by atoms with Crippen molar-refractivity contribution in [3.63, 3.8) is 0 Å². The lowest BCUT2D eigenvalue weighted by Crippen LogP contribution is -2.57. The lowest BCUT2D eigenvalue weighted by Gasteiger charge is -2.41. The maximum absolute atomic E-state index is 13.1. The number of hydrogen-bond donors (Lipinski definition) is 3. The minimum Gasteiger partial charge on any atom is -0.396 e. The first-order valence-corrected chi connectivity index (χ1v) is 49.7. The lowest BCUT2D eigenvalue weighted by atomic mass is 9.85. The molecule has 0 bridgehead atoms. The molecule has 762 valence electrons. The predicted octanol–water partition coefficient (Wildman–Crippen LogP) is 14.4. The summed E-state index contributed by atoms with van der Waals surface area (Å²) in [4.78, 5) is 118. The summed E-state index contributed by atoms with van der Waals surface area (Å²) in [5.74, 6) is 6.95. The van der Waals surface area contributed by atoms with E-state index in [9.17, 15) is 44.6 Å². The minimum atomic E-state index is -4.57. The zero-order chi connectivity index (χ0) is 103. The zero-order valence-corrected chi connectivity index (χ0v) is 83.3. The molecule has 4 saturated heterocycles. The lowest BCUT2D eigenvalue weighted by molar-refractivity contribution is -0.142. The third-order valence-electron chi connectivity index (χ3n) is 27.0. The van der Waals surface area contributed by atoms with Crippen molar-refractivity contribution in [3.8, 4) is 57.6 Å². The highest BCUT2D eigenvalue weighted by molar-refractivity contribution is 9.10. The quantitative estimate of drug-likeness (QED) is 0.0756. The molecule has 4 fully saturated rings. The highest BCUT2D eigenvalue weighted by atomic mass is 79.9. The number of aromatic nitrogens is 25. The van der Waals surface area contributed by atoms with Gasteiger partial charge >= 0.3 is 18.5 Å².